The minimum atomic E-state index is 0.578. The molecule has 1 aliphatic rings. The van der Waals surface area contributed by atoms with Crippen molar-refractivity contribution in [1.82, 2.24) is 20.3 Å². The van der Waals surface area contributed by atoms with Crippen LogP contribution in [-0.2, 0) is 13.1 Å². The maximum atomic E-state index is 6.15. The number of benzene rings is 1. The number of aromatic nitrogens is 3. The molecule has 0 bridgehead atoms. The summed E-state index contributed by atoms with van der Waals surface area (Å²) in [4.78, 5) is 0. The highest BCUT2D eigenvalue weighted by Gasteiger charge is 2.20. The highest BCUT2D eigenvalue weighted by atomic mass is 35.5. The molecular weight excluding hydrogens is 295 g/mol. The topological polar surface area (TPSA) is 42.7 Å². The minimum absolute atomic E-state index is 0.578. The summed E-state index contributed by atoms with van der Waals surface area (Å²) in [5.74, 6) is 0.871. The molecule has 4 nitrogen and oxygen atoms in total. The van der Waals surface area contributed by atoms with Crippen molar-refractivity contribution in [3.8, 4) is 0 Å². The zero-order valence-electron chi connectivity index (χ0n) is 11.0. The van der Waals surface area contributed by atoms with Crippen molar-refractivity contribution in [2.75, 3.05) is 6.54 Å². The van der Waals surface area contributed by atoms with Gasteiger partial charge in [0.05, 0.1) is 18.4 Å². The van der Waals surface area contributed by atoms with E-state index in [-0.39, 0.29) is 0 Å². The van der Waals surface area contributed by atoms with Crippen molar-refractivity contribution in [1.29, 1.82) is 0 Å². The molecule has 0 saturated heterocycles. The maximum Gasteiger partial charge on any atom is 0.0964 e. The zero-order chi connectivity index (χ0) is 13.9. The second-order valence-electron chi connectivity index (χ2n) is 5.22. The Kier molecular flexibility index (Phi) is 4.24. The Morgan fingerprint density at radius 2 is 2.15 bits per heavy atom. The van der Waals surface area contributed by atoms with Gasteiger partial charge in [0.2, 0.25) is 0 Å². The van der Waals surface area contributed by atoms with Gasteiger partial charge in [0.1, 0.15) is 0 Å². The summed E-state index contributed by atoms with van der Waals surface area (Å²) in [5.41, 5.74) is 1.89. The van der Waals surface area contributed by atoms with E-state index < -0.39 is 0 Å². The molecule has 1 heterocycles. The van der Waals surface area contributed by atoms with E-state index in [9.17, 15) is 0 Å². The normalized spacial score (nSPS) is 14.7. The number of halogens is 2. The molecule has 20 heavy (non-hydrogen) atoms. The van der Waals surface area contributed by atoms with Crippen LogP contribution in [0.5, 0.6) is 0 Å². The molecule has 1 saturated carbocycles. The van der Waals surface area contributed by atoms with Gasteiger partial charge in [-0.3, -0.25) is 0 Å². The average molecular weight is 311 g/mol. The highest BCUT2D eigenvalue weighted by Crippen LogP contribution is 2.27. The SMILES string of the molecule is Clc1ccc(Cl)c(Cn2cc(CNCC3CC3)nn2)c1. The first kappa shape index (κ1) is 13.9. The van der Waals surface area contributed by atoms with Crippen LogP contribution in [-0.4, -0.2) is 21.5 Å². The Bertz CT molecular complexity index is 593. The van der Waals surface area contributed by atoms with E-state index in [0.717, 1.165) is 30.3 Å². The Morgan fingerprint density at radius 3 is 2.95 bits per heavy atom. The summed E-state index contributed by atoms with van der Waals surface area (Å²) >= 11 is 12.1. The van der Waals surface area contributed by atoms with E-state index in [2.05, 4.69) is 15.6 Å². The van der Waals surface area contributed by atoms with Gasteiger partial charge >= 0.3 is 0 Å². The van der Waals surface area contributed by atoms with Crippen LogP contribution in [0.25, 0.3) is 0 Å². The van der Waals surface area contributed by atoms with Gasteiger partial charge in [-0.15, -0.1) is 5.10 Å². The fourth-order valence-corrected chi connectivity index (χ4v) is 2.43. The van der Waals surface area contributed by atoms with Gasteiger partial charge in [-0.25, -0.2) is 4.68 Å². The van der Waals surface area contributed by atoms with Crippen LogP contribution in [0.15, 0.2) is 24.4 Å². The Labute approximate surface area is 128 Å². The van der Waals surface area contributed by atoms with Crippen LogP contribution < -0.4 is 5.32 Å². The molecule has 1 fully saturated rings. The minimum Gasteiger partial charge on any atom is -0.311 e. The van der Waals surface area contributed by atoms with Crippen molar-refractivity contribution < 1.29 is 0 Å². The largest absolute Gasteiger partial charge is 0.311 e. The van der Waals surface area contributed by atoms with Crippen molar-refractivity contribution >= 4 is 23.2 Å². The number of hydrogen-bond acceptors (Lipinski definition) is 3. The maximum absolute atomic E-state index is 6.15. The quantitative estimate of drug-likeness (QED) is 0.891. The van der Waals surface area contributed by atoms with Crippen molar-refractivity contribution in [3.05, 3.63) is 45.7 Å². The zero-order valence-corrected chi connectivity index (χ0v) is 12.5. The van der Waals surface area contributed by atoms with Crippen LogP contribution in [0, 0.1) is 5.92 Å². The van der Waals surface area contributed by atoms with E-state index in [1.54, 1.807) is 16.8 Å². The molecule has 1 aromatic heterocycles. The van der Waals surface area contributed by atoms with Crippen LogP contribution in [0.3, 0.4) is 0 Å². The standard InChI is InChI=1S/C14H16Cl2N4/c15-12-3-4-14(16)11(5-12)8-20-9-13(18-19-20)7-17-6-10-1-2-10/h3-5,9-10,17H,1-2,6-8H2. The number of rotatable bonds is 6. The van der Waals surface area contributed by atoms with E-state index in [1.165, 1.54) is 12.8 Å². The molecule has 0 amide bonds. The van der Waals surface area contributed by atoms with Crippen molar-refractivity contribution in [2.24, 2.45) is 5.92 Å². The van der Waals surface area contributed by atoms with Crippen molar-refractivity contribution in [3.63, 3.8) is 0 Å². The second-order valence-corrected chi connectivity index (χ2v) is 6.06. The molecule has 1 aromatic carbocycles. The summed E-state index contributed by atoms with van der Waals surface area (Å²) in [7, 11) is 0. The van der Waals surface area contributed by atoms with Gasteiger partial charge in [-0.05, 0) is 49.1 Å². The average Bonchev–Trinajstić information content (AvgIpc) is 3.14. The third kappa shape index (κ3) is 3.72. The molecule has 6 heteroatoms. The Morgan fingerprint density at radius 1 is 1.30 bits per heavy atom. The predicted molar refractivity (Wildman–Crippen MR) is 80.0 cm³/mol. The third-order valence-electron chi connectivity index (χ3n) is 3.36. The number of nitrogens with one attached hydrogen (secondary N) is 1. The van der Waals surface area contributed by atoms with Gasteiger partial charge in [-0.1, -0.05) is 28.4 Å². The molecule has 0 unspecified atom stereocenters. The summed E-state index contributed by atoms with van der Waals surface area (Å²) in [6.45, 7) is 2.42. The molecule has 1 N–H and O–H groups in total. The van der Waals surface area contributed by atoms with E-state index in [4.69, 9.17) is 23.2 Å². The Balaban J connectivity index is 1.59. The summed E-state index contributed by atoms with van der Waals surface area (Å²) < 4.78 is 1.78. The van der Waals surface area contributed by atoms with Gasteiger partial charge < -0.3 is 5.32 Å². The number of nitrogens with zero attached hydrogens (tertiary/aromatic N) is 3. The van der Waals surface area contributed by atoms with Gasteiger partial charge in [0.25, 0.3) is 0 Å². The molecule has 3 rings (SSSR count). The second kappa shape index (κ2) is 6.12. The molecule has 0 atom stereocenters. The van der Waals surface area contributed by atoms with E-state index in [1.807, 2.05) is 12.3 Å². The first-order valence-corrected chi connectivity index (χ1v) is 7.50. The smallest absolute Gasteiger partial charge is 0.0964 e. The molecular formula is C14H16Cl2N4. The fourth-order valence-electron chi connectivity index (χ4n) is 2.06. The first-order valence-electron chi connectivity index (χ1n) is 6.74. The highest BCUT2D eigenvalue weighted by molar-refractivity contribution is 6.33. The predicted octanol–water partition coefficient (Wildman–Crippen LogP) is 3.13. The lowest BCUT2D eigenvalue weighted by molar-refractivity contribution is 0.627. The molecule has 1 aliphatic carbocycles. The first-order chi connectivity index (χ1) is 9.70. The number of hydrogen-bond donors (Lipinski definition) is 1. The van der Waals surface area contributed by atoms with E-state index >= 15 is 0 Å². The monoisotopic (exact) mass is 310 g/mol. The van der Waals surface area contributed by atoms with Crippen LogP contribution in [0.4, 0.5) is 0 Å². The van der Waals surface area contributed by atoms with Crippen LogP contribution in [0.1, 0.15) is 24.1 Å². The molecule has 0 radical (unpaired) electrons. The summed E-state index contributed by atoms with van der Waals surface area (Å²) in [5, 5.41) is 13.0. The van der Waals surface area contributed by atoms with Gasteiger partial charge in [-0.2, -0.15) is 0 Å². The molecule has 2 aromatic rings. The van der Waals surface area contributed by atoms with Gasteiger partial charge in [0, 0.05) is 16.6 Å². The van der Waals surface area contributed by atoms with Gasteiger partial charge in [0.15, 0.2) is 0 Å². The molecule has 106 valence electrons. The fraction of sp³-hybridized carbons (Fsp3) is 0.429. The molecule has 0 aliphatic heterocycles. The lowest BCUT2D eigenvalue weighted by atomic mass is 10.2. The van der Waals surface area contributed by atoms with Crippen molar-refractivity contribution in [2.45, 2.75) is 25.9 Å². The lowest BCUT2D eigenvalue weighted by Crippen LogP contribution is -2.16. The lowest BCUT2D eigenvalue weighted by Gasteiger charge is -2.04. The van der Waals surface area contributed by atoms with E-state index in [0.29, 0.717) is 16.6 Å². The molecule has 0 spiro atoms. The Hall–Kier alpha value is -1.10. The van der Waals surface area contributed by atoms with Crippen LogP contribution in [0.2, 0.25) is 10.0 Å². The summed E-state index contributed by atoms with van der Waals surface area (Å²) in [6.07, 6.45) is 4.65. The third-order valence-corrected chi connectivity index (χ3v) is 3.97. The summed E-state index contributed by atoms with van der Waals surface area (Å²) in [6, 6.07) is 5.44. The van der Waals surface area contributed by atoms with Crippen LogP contribution >= 0.6 is 23.2 Å².